The van der Waals surface area contributed by atoms with Gasteiger partial charge in [-0.2, -0.15) is 0 Å². The first kappa shape index (κ1) is 22.0. The summed E-state index contributed by atoms with van der Waals surface area (Å²) in [6.07, 6.45) is 11.2. The van der Waals surface area contributed by atoms with Gasteiger partial charge in [0.1, 0.15) is 5.75 Å². The Labute approximate surface area is 133 Å². The molecule has 0 aromatic carbocycles. The van der Waals surface area contributed by atoms with E-state index in [1.807, 2.05) is 0 Å². The molecule has 0 aliphatic carbocycles. The van der Waals surface area contributed by atoms with E-state index in [4.69, 9.17) is 0 Å². The molecule has 0 radical (unpaired) electrons. The van der Waals surface area contributed by atoms with Gasteiger partial charge in [0.15, 0.2) is 0 Å². The third-order valence-electron chi connectivity index (χ3n) is 3.01. The Morgan fingerprint density at radius 2 is 1.47 bits per heavy atom. The molecule has 1 nitrogen and oxygen atoms in total. The Balaban J connectivity index is -0.000000720. The van der Waals surface area contributed by atoms with Gasteiger partial charge in [-0.05, 0) is 36.6 Å². The number of quaternary nitrogens is 1. The van der Waals surface area contributed by atoms with Crippen LogP contribution in [0.2, 0.25) is 0 Å². The van der Waals surface area contributed by atoms with Crippen molar-refractivity contribution in [3.05, 3.63) is 0 Å². The van der Waals surface area contributed by atoms with E-state index >= 15 is 0 Å². The Hall–Kier alpha value is 1.77. The quantitative estimate of drug-likeness (QED) is 0.228. The highest BCUT2D eigenvalue weighted by Crippen LogP contribution is 2.17. The highest BCUT2D eigenvalue weighted by Gasteiger charge is 2.23. The third-order valence-corrected chi connectivity index (χ3v) is 4.11. The summed E-state index contributed by atoms with van der Waals surface area (Å²) >= 11 is 0. The van der Waals surface area contributed by atoms with Crippen molar-refractivity contribution in [3.8, 4) is 0 Å². The van der Waals surface area contributed by atoms with Crippen LogP contribution in [-0.2, 0) is 10.9 Å². The number of hydrogen-bond donors (Lipinski definition) is 1. The predicted octanol–water partition coefficient (Wildman–Crippen LogP) is -4.16. The SMILES string of the molecule is CCC([NH3+])(CC)CCCC[S+](C)C.[I-].[I-]. The second-order valence-electron chi connectivity index (χ2n) is 4.35. The highest BCUT2D eigenvalue weighted by molar-refractivity contribution is 7.95. The highest BCUT2D eigenvalue weighted by atomic mass is 127. The van der Waals surface area contributed by atoms with Crippen LogP contribution < -0.4 is 53.7 Å². The lowest BCUT2D eigenvalue weighted by Crippen LogP contribution is -3.00. The average molecular weight is 459 g/mol. The van der Waals surface area contributed by atoms with E-state index in [1.165, 1.54) is 37.9 Å². The average Bonchev–Trinajstić information content (AvgIpc) is 2.12. The zero-order valence-corrected chi connectivity index (χ0v) is 15.7. The first-order valence-electron chi connectivity index (χ1n) is 5.43. The van der Waals surface area contributed by atoms with Crippen molar-refractivity contribution in [1.29, 1.82) is 0 Å². The molecule has 0 saturated carbocycles. The van der Waals surface area contributed by atoms with E-state index in [0.717, 1.165) is 0 Å². The summed E-state index contributed by atoms with van der Waals surface area (Å²) in [5.74, 6) is 1.41. The summed E-state index contributed by atoms with van der Waals surface area (Å²) in [4.78, 5) is 0. The minimum atomic E-state index is 0. The Bertz CT molecular complexity index is 128. The lowest BCUT2D eigenvalue weighted by Gasteiger charge is -2.22. The molecule has 0 spiro atoms. The van der Waals surface area contributed by atoms with Crippen LogP contribution in [-0.4, -0.2) is 23.8 Å². The molecule has 15 heavy (non-hydrogen) atoms. The fourth-order valence-corrected chi connectivity index (χ4v) is 2.28. The molecule has 0 atom stereocenters. The normalized spacial score (nSPS) is 10.8. The summed E-state index contributed by atoms with van der Waals surface area (Å²) in [5.41, 5.74) is 4.70. The van der Waals surface area contributed by atoms with Gasteiger partial charge in [0.05, 0.1) is 18.1 Å². The molecule has 0 aliphatic rings. The van der Waals surface area contributed by atoms with Crippen molar-refractivity contribution < 1.29 is 53.7 Å². The fraction of sp³-hybridized carbons (Fsp3) is 1.00. The van der Waals surface area contributed by atoms with Gasteiger partial charge in [-0.3, -0.25) is 0 Å². The molecule has 0 aromatic heterocycles. The molecular formula is C11H27I2NS. The first-order valence-corrected chi connectivity index (χ1v) is 7.64. The molecule has 0 saturated heterocycles. The minimum absolute atomic E-state index is 0. The van der Waals surface area contributed by atoms with Crippen LogP contribution in [0.1, 0.15) is 46.0 Å². The van der Waals surface area contributed by atoms with Crippen molar-refractivity contribution >= 4 is 10.9 Å². The van der Waals surface area contributed by atoms with Crippen LogP contribution in [0, 0.1) is 0 Å². The summed E-state index contributed by atoms with van der Waals surface area (Å²) < 4.78 is 0. The van der Waals surface area contributed by atoms with Gasteiger partial charge in [-0.15, -0.1) is 0 Å². The van der Waals surface area contributed by atoms with Crippen LogP contribution >= 0.6 is 0 Å². The van der Waals surface area contributed by atoms with Gasteiger partial charge in [-0.25, -0.2) is 0 Å². The van der Waals surface area contributed by atoms with Crippen molar-refractivity contribution in [1.82, 2.24) is 0 Å². The summed E-state index contributed by atoms with van der Waals surface area (Å²) in [5, 5.41) is 0. The van der Waals surface area contributed by atoms with E-state index in [1.54, 1.807) is 0 Å². The molecule has 4 heteroatoms. The standard InChI is InChI=1S/C11H26NS.2HI/c1-5-11(12,6-2)9-7-8-10-13(3)4;;/h5-10,12H2,1-4H3;2*1H/q+1;;/p-1. The van der Waals surface area contributed by atoms with Crippen LogP contribution in [0.5, 0.6) is 0 Å². The van der Waals surface area contributed by atoms with Gasteiger partial charge in [0, 0.05) is 6.42 Å². The molecule has 0 fully saturated rings. The summed E-state index contributed by atoms with van der Waals surface area (Å²) in [6.45, 7) is 4.53. The number of unbranched alkanes of at least 4 members (excludes halogenated alkanes) is 1. The maximum Gasteiger partial charge on any atom is 0.107 e. The van der Waals surface area contributed by atoms with E-state index < -0.39 is 0 Å². The summed E-state index contributed by atoms with van der Waals surface area (Å²) in [6, 6.07) is 0. The second kappa shape index (κ2) is 12.2. The van der Waals surface area contributed by atoms with Crippen LogP contribution in [0.25, 0.3) is 0 Å². The van der Waals surface area contributed by atoms with Crippen LogP contribution in [0.3, 0.4) is 0 Å². The molecule has 96 valence electrons. The van der Waals surface area contributed by atoms with Crippen LogP contribution in [0.4, 0.5) is 0 Å². The zero-order valence-electron chi connectivity index (χ0n) is 10.6. The number of hydrogen-bond acceptors (Lipinski definition) is 0. The molecule has 0 heterocycles. The lowest BCUT2D eigenvalue weighted by molar-refractivity contribution is -0.481. The lowest BCUT2D eigenvalue weighted by atomic mass is 9.88. The van der Waals surface area contributed by atoms with E-state index in [2.05, 4.69) is 32.1 Å². The summed E-state index contributed by atoms with van der Waals surface area (Å²) in [7, 11) is 0.632. The Kier molecular flexibility index (Phi) is 17.9. The van der Waals surface area contributed by atoms with Crippen molar-refractivity contribution in [2.75, 3.05) is 18.3 Å². The maximum atomic E-state index is 4.33. The van der Waals surface area contributed by atoms with Crippen molar-refractivity contribution in [3.63, 3.8) is 0 Å². The van der Waals surface area contributed by atoms with Crippen molar-refractivity contribution in [2.24, 2.45) is 0 Å². The van der Waals surface area contributed by atoms with Gasteiger partial charge in [0.2, 0.25) is 0 Å². The number of halogens is 2. The molecule has 0 bridgehead atoms. The molecule has 0 unspecified atom stereocenters. The maximum absolute atomic E-state index is 4.33. The molecule has 0 amide bonds. The fourth-order valence-electron chi connectivity index (χ4n) is 1.49. The van der Waals surface area contributed by atoms with E-state index in [0.29, 0.717) is 16.4 Å². The van der Waals surface area contributed by atoms with Gasteiger partial charge >= 0.3 is 0 Å². The van der Waals surface area contributed by atoms with Crippen molar-refractivity contribution in [2.45, 2.75) is 51.5 Å². The molecule has 0 aliphatic heterocycles. The van der Waals surface area contributed by atoms with Crippen LogP contribution in [0.15, 0.2) is 0 Å². The monoisotopic (exact) mass is 459 g/mol. The Morgan fingerprint density at radius 3 is 1.80 bits per heavy atom. The third kappa shape index (κ3) is 12.0. The molecule has 0 rings (SSSR count). The predicted molar refractivity (Wildman–Crippen MR) is 64.1 cm³/mol. The van der Waals surface area contributed by atoms with Gasteiger partial charge in [-0.1, -0.05) is 13.8 Å². The molecular weight excluding hydrogens is 432 g/mol. The second-order valence-corrected chi connectivity index (χ2v) is 6.73. The smallest absolute Gasteiger partial charge is 0.107 e. The minimum Gasteiger partial charge on any atom is -1.00 e. The largest absolute Gasteiger partial charge is 1.00 e. The zero-order chi connectivity index (χ0) is 10.3. The van der Waals surface area contributed by atoms with E-state index in [9.17, 15) is 0 Å². The topological polar surface area (TPSA) is 27.6 Å². The van der Waals surface area contributed by atoms with Gasteiger partial charge < -0.3 is 53.7 Å². The Morgan fingerprint density at radius 1 is 1.00 bits per heavy atom. The molecule has 3 N–H and O–H groups in total. The number of rotatable bonds is 7. The molecule has 0 aromatic rings. The van der Waals surface area contributed by atoms with E-state index in [-0.39, 0.29) is 48.0 Å². The van der Waals surface area contributed by atoms with Gasteiger partial charge in [0.25, 0.3) is 0 Å². The first-order chi connectivity index (χ1) is 6.04.